The molecule has 0 radical (unpaired) electrons. The molecule has 3 nitrogen and oxygen atoms in total. The molecule has 3 heteroatoms. The first-order valence-electron chi connectivity index (χ1n) is 7.71. The molecule has 0 bridgehead atoms. The Morgan fingerprint density at radius 2 is 1.94 bits per heavy atom. The lowest BCUT2D eigenvalue weighted by Crippen LogP contribution is -2.49. The van der Waals surface area contributed by atoms with Gasteiger partial charge in [0.25, 0.3) is 0 Å². The standard InChI is InChI=1S/C15H32N2O/c1-4-15(5-2,12-16-3)13-17(10-7-11-18)14-8-6-9-14/h14,16,18H,4-13H2,1-3H3. The van der Waals surface area contributed by atoms with E-state index < -0.39 is 0 Å². The van der Waals surface area contributed by atoms with Crippen LogP contribution in [0, 0.1) is 5.41 Å². The Hall–Kier alpha value is -0.120. The fourth-order valence-corrected chi connectivity index (χ4v) is 3.00. The molecular weight excluding hydrogens is 224 g/mol. The van der Waals surface area contributed by atoms with Crippen LogP contribution in [-0.4, -0.2) is 49.3 Å². The summed E-state index contributed by atoms with van der Waals surface area (Å²) in [7, 11) is 2.06. The molecule has 0 aromatic carbocycles. The van der Waals surface area contributed by atoms with Crippen LogP contribution in [0.25, 0.3) is 0 Å². The summed E-state index contributed by atoms with van der Waals surface area (Å²) in [4.78, 5) is 2.64. The van der Waals surface area contributed by atoms with Crippen LogP contribution < -0.4 is 5.32 Å². The van der Waals surface area contributed by atoms with Gasteiger partial charge in [0.15, 0.2) is 0 Å². The zero-order valence-electron chi connectivity index (χ0n) is 12.5. The zero-order chi connectivity index (χ0) is 13.4. The van der Waals surface area contributed by atoms with E-state index in [9.17, 15) is 0 Å². The van der Waals surface area contributed by atoms with Crippen molar-refractivity contribution in [3.63, 3.8) is 0 Å². The molecule has 1 fully saturated rings. The van der Waals surface area contributed by atoms with Crippen LogP contribution in [0.1, 0.15) is 52.4 Å². The summed E-state index contributed by atoms with van der Waals surface area (Å²) in [6.07, 6.45) is 7.47. The van der Waals surface area contributed by atoms with E-state index in [0.29, 0.717) is 12.0 Å². The Morgan fingerprint density at radius 1 is 1.28 bits per heavy atom. The van der Waals surface area contributed by atoms with E-state index in [-0.39, 0.29) is 0 Å². The Balaban J connectivity index is 2.59. The average Bonchev–Trinajstić information content (AvgIpc) is 2.33. The first-order chi connectivity index (χ1) is 8.71. The van der Waals surface area contributed by atoms with E-state index in [2.05, 4.69) is 31.1 Å². The zero-order valence-corrected chi connectivity index (χ0v) is 12.5. The quantitative estimate of drug-likeness (QED) is 0.629. The molecule has 108 valence electrons. The molecule has 18 heavy (non-hydrogen) atoms. The third-order valence-electron chi connectivity index (χ3n) is 4.78. The van der Waals surface area contributed by atoms with E-state index >= 15 is 0 Å². The molecule has 1 aliphatic rings. The van der Waals surface area contributed by atoms with Gasteiger partial charge in [0.05, 0.1) is 0 Å². The largest absolute Gasteiger partial charge is 0.396 e. The Bertz CT molecular complexity index is 213. The number of nitrogens with zero attached hydrogens (tertiary/aromatic N) is 1. The summed E-state index contributed by atoms with van der Waals surface area (Å²) < 4.78 is 0. The van der Waals surface area contributed by atoms with Gasteiger partial charge in [-0.2, -0.15) is 0 Å². The maximum absolute atomic E-state index is 9.06. The normalized spacial score (nSPS) is 17.2. The lowest BCUT2D eigenvalue weighted by Gasteiger charge is -2.44. The van der Waals surface area contributed by atoms with Gasteiger partial charge in [-0.1, -0.05) is 20.3 Å². The smallest absolute Gasteiger partial charge is 0.0443 e. The lowest BCUT2D eigenvalue weighted by molar-refractivity contribution is 0.0577. The third-order valence-corrected chi connectivity index (χ3v) is 4.78. The predicted octanol–water partition coefficient (Wildman–Crippen LogP) is 2.25. The Morgan fingerprint density at radius 3 is 2.33 bits per heavy atom. The number of hydrogen-bond acceptors (Lipinski definition) is 3. The molecule has 0 saturated heterocycles. The maximum atomic E-state index is 9.06. The van der Waals surface area contributed by atoms with E-state index in [0.717, 1.165) is 25.6 Å². The Labute approximate surface area is 113 Å². The van der Waals surface area contributed by atoms with Gasteiger partial charge < -0.3 is 10.4 Å². The van der Waals surface area contributed by atoms with Gasteiger partial charge in [0, 0.05) is 32.3 Å². The van der Waals surface area contributed by atoms with Crippen molar-refractivity contribution in [2.45, 2.75) is 58.4 Å². The van der Waals surface area contributed by atoms with Gasteiger partial charge in [-0.25, -0.2) is 0 Å². The van der Waals surface area contributed by atoms with E-state index in [4.69, 9.17) is 5.11 Å². The molecule has 0 unspecified atom stereocenters. The highest BCUT2D eigenvalue weighted by atomic mass is 16.3. The minimum atomic E-state index is 0.320. The van der Waals surface area contributed by atoms with Crippen LogP contribution in [0.4, 0.5) is 0 Å². The van der Waals surface area contributed by atoms with Gasteiger partial charge in [-0.15, -0.1) is 0 Å². The van der Waals surface area contributed by atoms with Crippen LogP contribution in [0.15, 0.2) is 0 Å². The second-order valence-corrected chi connectivity index (χ2v) is 5.87. The van der Waals surface area contributed by atoms with Crippen LogP contribution in [0.5, 0.6) is 0 Å². The van der Waals surface area contributed by atoms with Gasteiger partial charge in [-0.05, 0) is 44.6 Å². The van der Waals surface area contributed by atoms with Crippen LogP contribution in [-0.2, 0) is 0 Å². The predicted molar refractivity (Wildman–Crippen MR) is 77.9 cm³/mol. The highest BCUT2D eigenvalue weighted by Gasteiger charge is 2.32. The van der Waals surface area contributed by atoms with Crippen LogP contribution in [0.2, 0.25) is 0 Å². The molecule has 0 aromatic rings. The van der Waals surface area contributed by atoms with Crippen molar-refractivity contribution in [3.05, 3.63) is 0 Å². The summed E-state index contributed by atoms with van der Waals surface area (Å²) in [5.74, 6) is 0. The monoisotopic (exact) mass is 256 g/mol. The average molecular weight is 256 g/mol. The number of nitrogens with one attached hydrogen (secondary N) is 1. The van der Waals surface area contributed by atoms with E-state index in [1.165, 1.54) is 38.6 Å². The molecule has 0 heterocycles. The molecular formula is C15H32N2O. The topological polar surface area (TPSA) is 35.5 Å². The molecule has 1 rings (SSSR count). The molecule has 0 aromatic heterocycles. The molecule has 1 saturated carbocycles. The molecule has 1 aliphatic carbocycles. The van der Waals surface area contributed by atoms with Gasteiger partial charge >= 0.3 is 0 Å². The first-order valence-corrected chi connectivity index (χ1v) is 7.71. The van der Waals surface area contributed by atoms with Crippen molar-refractivity contribution in [1.82, 2.24) is 10.2 Å². The fraction of sp³-hybridized carbons (Fsp3) is 1.00. The number of rotatable bonds is 10. The molecule has 0 aliphatic heterocycles. The maximum Gasteiger partial charge on any atom is 0.0443 e. The summed E-state index contributed by atoms with van der Waals surface area (Å²) in [6.45, 7) is 8.29. The lowest BCUT2D eigenvalue weighted by atomic mass is 9.80. The van der Waals surface area contributed by atoms with Crippen molar-refractivity contribution in [1.29, 1.82) is 0 Å². The molecule has 0 atom stereocenters. The molecule has 0 spiro atoms. The number of aliphatic hydroxyl groups is 1. The van der Waals surface area contributed by atoms with Crippen molar-refractivity contribution >= 4 is 0 Å². The first kappa shape index (κ1) is 15.9. The van der Waals surface area contributed by atoms with Gasteiger partial charge in [0.2, 0.25) is 0 Å². The summed E-state index contributed by atoms with van der Waals surface area (Å²) >= 11 is 0. The number of hydrogen-bond donors (Lipinski definition) is 2. The highest BCUT2D eigenvalue weighted by Crippen LogP contribution is 2.32. The van der Waals surface area contributed by atoms with Gasteiger partial charge in [0.1, 0.15) is 0 Å². The minimum Gasteiger partial charge on any atom is -0.396 e. The molecule has 0 amide bonds. The van der Waals surface area contributed by atoms with Crippen LogP contribution >= 0.6 is 0 Å². The van der Waals surface area contributed by atoms with Crippen molar-refractivity contribution < 1.29 is 5.11 Å². The van der Waals surface area contributed by atoms with E-state index in [1.807, 2.05) is 0 Å². The second-order valence-electron chi connectivity index (χ2n) is 5.87. The third kappa shape index (κ3) is 4.22. The summed E-state index contributed by atoms with van der Waals surface area (Å²) in [6, 6.07) is 0.783. The van der Waals surface area contributed by atoms with Gasteiger partial charge in [-0.3, -0.25) is 4.90 Å². The van der Waals surface area contributed by atoms with Crippen LogP contribution in [0.3, 0.4) is 0 Å². The Kier molecular flexibility index (Phi) is 7.20. The van der Waals surface area contributed by atoms with Crippen molar-refractivity contribution in [3.8, 4) is 0 Å². The minimum absolute atomic E-state index is 0.320. The number of aliphatic hydroxyl groups excluding tert-OH is 1. The highest BCUT2D eigenvalue weighted by molar-refractivity contribution is 4.88. The SMILES string of the molecule is CCC(CC)(CNC)CN(CCCO)C1CCC1. The second kappa shape index (κ2) is 8.13. The van der Waals surface area contributed by atoms with Crippen molar-refractivity contribution in [2.75, 3.05) is 33.3 Å². The van der Waals surface area contributed by atoms with Crippen molar-refractivity contribution in [2.24, 2.45) is 5.41 Å². The fourth-order valence-electron chi connectivity index (χ4n) is 3.00. The summed E-state index contributed by atoms with van der Waals surface area (Å²) in [5.41, 5.74) is 0.403. The molecule has 2 N–H and O–H groups in total. The van der Waals surface area contributed by atoms with E-state index in [1.54, 1.807) is 0 Å². The summed E-state index contributed by atoms with van der Waals surface area (Å²) in [5, 5.41) is 12.4.